The van der Waals surface area contributed by atoms with Crippen molar-refractivity contribution in [2.45, 2.75) is 12.8 Å². The van der Waals surface area contributed by atoms with Crippen LogP contribution in [0, 0.1) is 29.1 Å². The molecule has 0 radical (unpaired) electrons. The molecule has 1 spiro atoms. The van der Waals surface area contributed by atoms with Gasteiger partial charge in [-0.2, -0.15) is 0 Å². The molecule has 23 heavy (non-hydrogen) atoms. The first-order chi connectivity index (χ1) is 11.1. The maximum Gasteiger partial charge on any atom is 0.307 e. The largest absolute Gasteiger partial charge is 0.497 e. The second-order valence-corrected chi connectivity index (χ2v) is 6.78. The number of carboxylic acid groups (broad SMARTS) is 1. The van der Waals surface area contributed by atoms with Gasteiger partial charge in [-0.25, -0.2) is 0 Å². The number of amides is 1. The van der Waals surface area contributed by atoms with Gasteiger partial charge in [0, 0.05) is 11.8 Å². The number of benzene rings is 1. The fourth-order valence-corrected chi connectivity index (χ4v) is 4.62. The van der Waals surface area contributed by atoms with Gasteiger partial charge < -0.3 is 15.2 Å². The second-order valence-electron chi connectivity index (χ2n) is 6.78. The van der Waals surface area contributed by atoms with Gasteiger partial charge in [-0.15, -0.1) is 0 Å². The van der Waals surface area contributed by atoms with Gasteiger partial charge in [0.2, 0.25) is 5.91 Å². The lowest BCUT2D eigenvalue weighted by molar-refractivity contribution is -0.146. The van der Waals surface area contributed by atoms with Crippen LogP contribution in [0.15, 0.2) is 36.4 Å². The Labute approximate surface area is 134 Å². The molecule has 3 aliphatic carbocycles. The van der Waals surface area contributed by atoms with Crippen molar-refractivity contribution in [3.63, 3.8) is 0 Å². The molecule has 5 nitrogen and oxygen atoms in total. The summed E-state index contributed by atoms with van der Waals surface area (Å²) in [6, 6.07) is 7.12. The van der Waals surface area contributed by atoms with Gasteiger partial charge in [-0.1, -0.05) is 18.2 Å². The molecule has 2 saturated carbocycles. The van der Waals surface area contributed by atoms with E-state index in [0.717, 1.165) is 12.8 Å². The van der Waals surface area contributed by atoms with E-state index in [2.05, 4.69) is 11.4 Å². The van der Waals surface area contributed by atoms with Crippen LogP contribution in [-0.2, 0) is 9.59 Å². The van der Waals surface area contributed by atoms with E-state index in [0.29, 0.717) is 11.4 Å². The number of allylic oxidation sites excluding steroid dienone is 2. The SMILES string of the molecule is COc1cccc(NC(=O)C2C(C(=O)O)C3C=CC2C32CC2)c1. The molecule has 0 heterocycles. The van der Waals surface area contributed by atoms with Crippen LogP contribution in [0.5, 0.6) is 5.75 Å². The summed E-state index contributed by atoms with van der Waals surface area (Å²) in [5.74, 6) is -1.45. The zero-order chi connectivity index (χ0) is 16.2. The van der Waals surface area contributed by atoms with Crippen molar-refractivity contribution in [3.8, 4) is 5.75 Å². The van der Waals surface area contributed by atoms with Gasteiger partial charge in [0.1, 0.15) is 5.75 Å². The zero-order valence-electron chi connectivity index (χ0n) is 12.9. The summed E-state index contributed by atoms with van der Waals surface area (Å²) in [6.07, 6.45) is 6.14. The minimum Gasteiger partial charge on any atom is -0.497 e. The highest BCUT2D eigenvalue weighted by Gasteiger charge is 2.70. The number of hydrogen-bond acceptors (Lipinski definition) is 3. The average Bonchev–Trinajstić information content (AvgIpc) is 3.20. The van der Waals surface area contributed by atoms with E-state index in [1.54, 1.807) is 31.4 Å². The molecule has 4 unspecified atom stereocenters. The van der Waals surface area contributed by atoms with Crippen LogP contribution < -0.4 is 10.1 Å². The van der Waals surface area contributed by atoms with E-state index >= 15 is 0 Å². The van der Waals surface area contributed by atoms with Gasteiger partial charge >= 0.3 is 5.97 Å². The first-order valence-electron chi connectivity index (χ1n) is 7.93. The number of rotatable bonds is 4. The van der Waals surface area contributed by atoms with Crippen LogP contribution in [0.1, 0.15) is 12.8 Å². The van der Waals surface area contributed by atoms with Crippen LogP contribution in [0.2, 0.25) is 0 Å². The Morgan fingerprint density at radius 1 is 1.22 bits per heavy atom. The first-order valence-corrected chi connectivity index (χ1v) is 7.93. The Morgan fingerprint density at radius 3 is 2.52 bits per heavy atom. The summed E-state index contributed by atoms with van der Waals surface area (Å²) >= 11 is 0. The van der Waals surface area contributed by atoms with Gasteiger partial charge in [0.25, 0.3) is 0 Å². The molecule has 0 aliphatic heterocycles. The third-order valence-corrected chi connectivity index (χ3v) is 5.77. The summed E-state index contributed by atoms with van der Waals surface area (Å²) in [4.78, 5) is 24.5. The summed E-state index contributed by atoms with van der Waals surface area (Å²) in [5.41, 5.74) is 0.675. The topological polar surface area (TPSA) is 75.6 Å². The molecule has 2 fully saturated rings. The highest BCUT2D eigenvalue weighted by Crippen LogP contribution is 2.72. The number of ether oxygens (including phenoxy) is 1. The van der Waals surface area contributed by atoms with Gasteiger partial charge in [0.05, 0.1) is 18.9 Å². The minimum absolute atomic E-state index is 0.00561. The molecule has 4 rings (SSSR count). The van der Waals surface area contributed by atoms with Crippen molar-refractivity contribution in [3.05, 3.63) is 36.4 Å². The monoisotopic (exact) mass is 313 g/mol. The number of carbonyl (C=O) groups excluding carboxylic acids is 1. The van der Waals surface area contributed by atoms with Crippen molar-refractivity contribution in [2.24, 2.45) is 29.1 Å². The number of carbonyl (C=O) groups is 2. The molecule has 2 N–H and O–H groups in total. The normalized spacial score (nSPS) is 32.0. The Balaban J connectivity index is 1.60. The maximum absolute atomic E-state index is 12.8. The number of aliphatic carboxylic acids is 1. The van der Waals surface area contributed by atoms with Crippen molar-refractivity contribution in [1.82, 2.24) is 0 Å². The quantitative estimate of drug-likeness (QED) is 0.838. The molecule has 1 aromatic carbocycles. The van der Waals surface area contributed by atoms with Crippen molar-refractivity contribution >= 4 is 17.6 Å². The molecule has 0 aromatic heterocycles. The first kappa shape index (κ1) is 14.3. The molecule has 3 aliphatic rings. The lowest BCUT2D eigenvalue weighted by Gasteiger charge is -2.23. The van der Waals surface area contributed by atoms with E-state index in [1.807, 2.05) is 6.08 Å². The smallest absolute Gasteiger partial charge is 0.307 e. The lowest BCUT2D eigenvalue weighted by atomic mass is 9.82. The van der Waals surface area contributed by atoms with Gasteiger partial charge in [0.15, 0.2) is 0 Å². The van der Waals surface area contributed by atoms with Crippen LogP contribution in [0.4, 0.5) is 5.69 Å². The van der Waals surface area contributed by atoms with E-state index < -0.39 is 17.8 Å². The van der Waals surface area contributed by atoms with E-state index in [4.69, 9.17) is 4.74 Å². The predicted molar refractivity (Wildman–Crippen MR) is 84.0 cm³/mol. The molecule has 5 heteroatoms. The highest BCUT2D eigenvalue weighted by molar-refractivity contribution is 5.96. The molecule has 4 atom stereocenters. The van der Waals surface area contributed by atoms with Crippen LogP contribution in [0.3, 0.4) is 0 Å². The Bertz CT molecular complexity index is 707. The number of carboxylic acids is 1. The van der Waals surface area contributed by atoms with E-state index in [-0.39, 0.29) is 23.2 Å². The zero-order valence-corrected chi connectivity index (χ0v) is 12.9. The Kier molecular flexibility index (Phi) is 3.01. The minimum atomic E-state index is -0.862. The van der Waals surface area contributed by atoms with Crippen LogP contribution in [0.25, 0.3) is 0 Å². The van der Waals surface area contributed by atoms with E-state index in [9.17, 15) is 14.7 Å². The molecule has 1 aromatic rings. The van der Waals surface area contributed by atoms with Gasteiger partial charge in [-0.3, -0.25) is 9.59 Å². The standard InChI is InChI=1S/C18H19NO4/c1-23-11-4-2-3-10(9-11)19-16(20)14-12-5-6-13(15(14)17(21)22)18(12)7-8-18/h2-6,9,12-15H,7-8H2,1H3,(H,19,20)(H,21,22). The molecule has 0 saturated heterocycles. The summed E-state index contributed by atoms with van der Waals surface area (Å²) in [5, 5.41) is 12.5. The molecular formula is C18H19NO4. The Hall–Kier alpha value is -2.30. The Morgan fingerprint density at radius 2 is 1.91 bits per heavy atom. The van der Waals surface area contributed by atoms with Crippen molar-refractivity contribution in [1.29, 1.82) is 0 Å². The second kappa shape index (κ2) is 4.85. The number of nitrogens with one attached hydrogen (secondary N) is 1. The highest BCUT2D eigenvalue weighted by atomic mass is 16.5. The van der Waals surface area contributed by atoms with E-state index in [1.165, 1.54) is 0 Å². The summed E-state index contributed by atoms with van der Waals surface area (Å²) in [7, 11) is 1.57. The summed E-state index contributed by atoms with van der Waals surface area (Å²) < 4.78 is 5.16. The van der Waals surface area contributed by atoms with Crippen LogP contribution in [-0.4, -0.2) is 24.1 Å². The van der Waals surface area contributed by atoms with Crippen LogP contribution >= 0.6 is 0 Å². The number of methoxy groups -OCH3 is 1. The maximum atomic E-state index is 12.8. The molecule has 1 amide bonds. The molecular weight excluding hydrogens is 294 g/mol. The molecule has 2 bridgehead atoms. The van der Waals surface area contributed by atoms with Crippen molar-refractivity contribution in [2.75, 3.05) is 12.4 Å². The fraction of sp³-hybridized carbons (Fsp3) is 0.444. The van der Waals surface area contributed by atoms with Crippen molar-refractivity contribution < 1.29 is 19.4 Å². The van der Waals surface area contributed by atoms with Gasteiger partial charge in [-0.05, 0) is 42.2 Å². The fourth-order valence-electron chi connectivity index (χ4n) is 4.62. The lowest BCUT2D eigenvalue weighted by Crippen LogP contribution is -2.36. The molecule has 120 valence electrons. The average molecular weight is 313 g/mol. The third kappa shape index (κ3) is 1.99. The predicted octanol–water partition coefficient (Wildman–Crippen LogP) is 2.55. The third-order valence-electron chi connectivity index (χ3n) is 5.77. The number of anilines is 1. The summed E-state index contributed by atoms with van der Waals surface area (Å²) in [6.45, 7) is 0. The number of hydrogen-bond donors (Lipinski definition) is 2.